The first-order chi connectivity index (χ1) is 10.5. The molecule has 0 aliphatic carbocycles. The SMILES string of the molecule is CC1CCCCN(C(/C=C(\N)c2ccccc2O)=C(N)N)C1. The van der Waals surface area contributed by atoms with Crippen LogP contribution < -0.4 is 17.2 Å². The van der Waals surface area contributed by atoms with E-state index in [4.69, 9.17) is 17.2 Å². The number of benzene rings is 1. The van der Waals surface area contributed by atoms with Crippen molar-refractivity contribution in [2.24, 2.45) is 23.1 Å². The summed E-state index contributed by atoms with van der Waals surface area (Å²) in [4.78, 5) is 2.19. The molecular formula is C17H26N4O. The normalized spacial score (nSPS) is 19.6. The lowest BCUT2D eigenvalue weighted by Crippen LogP contribution is -2.31. The molecule has 1 aliphatic rings. The standard InChI is InChI=1S/C17H26N4O/c1-12-6-4-5-9-21(11-12)15(17(19)20)10-14(18)13-7-2-3-8-16(13)22/h2-3,7-8,10,12,22H,4-6,9,11,18-20H2,1H3/b14-10-. The van der Waals surface area contributed by atoms with Crippen LogP contribution in [0, 0.1) is 5.92 Å². The second-order valence-corrected chi connectivity index (χ2v) is 6.00. The minimum absolute atomic E-state index is 0.149. The van der Waals surface area contributed by atoms with E-state index in [1.165, 1.54) is 12.8 Å². The fourth-order valence-electron chi connectivity index (χ4n) is 2.87. The van der Waals surface area contributed by atoms with Crippen molar-refractivity contribution in [2.75, 3.05) is 13.1 Å². The van der Waals surface area contributed by atoms with Crippen LogP contribution in [0.25, 0.3) is 5.70 Å². The van der Waals surface area contributed by atoms with E-state index < -0.39 is 0 Å². The summed E-state index contributed by atoms with van der Waals surface area (Å²) >= 11 is 0. The van der Waals surface area contributed by atoms with Gasteiger partial charge in [-0.2, -0.15) is 0 Å². The molecule has 2 rings (SSSR count). The van der Waals surface area contributed by atoms with Crippen molar-refractivity contribution in [2.45, 2.75) is 26.2 Å². The molecule has 0 bridgehead atoms. The molecule has 1 heterocycles. The second-order valence-electron chi connectivity index (χ2n) is 6.00. The lowest BCUT2D eigenvalue weighted by atomic mass is 10.1. The molecule has 5 heteroatoms. The van der Waals surface area contributed by atoms with Crippen LogP contribution in [0.15, 0.2) is 41.9 Å². The molecule has 7 N–H and O–H groups in total. The second kappa shape index (κ2) is 7.11. The van der Waals surface area contributed by atoms with Gasteiger partial charge >= 0.3 is 0 Å². The Balaban J connectivity index is 2.31. The van der Waals surface area contributed by atoms with Crippen molar-refractivity contribution in [1.82, 2.24) is 4.90 Å². The summed E-state index contributed by atoms with van der Waals surface area (Å²) < 4.78 is 0. The number of hydrogen-bond donors (Lipinski definition) is 4. The van der Waals surface area contributed by atoms with Crippen LogP contribution in [0.4, 0.5) is 0 Å². The molecule has 1 saturated heterocycles. The average molecular weight is 302 g/mol. The molecule has 0 amide bonds. The first-order valence-electron chi connectivity index (χ1n) is 7.74. The Morgan fingerprint density at radius 1 is 1.23 bits per heavy atom. The summed E-state index contributed by atoms with van der Waals surface area (Å²) in [7, 11) is 0. The fourth-order valence-corrected chi connectivity index (χ4v) is 2.87. The summed E-state index contributed by atoms with van der Waals surface area (Å²) in [5.41, 5.74) is 19.7. The van der Waals surface area contributed by atoms with Gasteiger partial charge in [0.15, 0.2) is 0 Å². The molecule has 22 heavy (non-hydrogen) atoms. The molecule has 1 atom stereocenters. The van der Waals surface area contributed by atoms with Crippen molar-refractivity contribution < 1.29 is 5.11 Å². The first kappa shape index (κ1) is 16.1. The van der Waals surface area contributed by atoms with E-state index in [0.29, 0.717) is 17.2 Å². The molecule has 0 saturated carbocycles. The molecular weight excluding hydrogens is 276 g/mol. The lowest BCUT2D eigenvalue weighted by molar-refractivity contribution is 0.324. The summed E-state index contributed by atoms with van der Waals surface area (Å²) in [6.45, 7) is 4.07. The number of aromatic hydroxyl groups is 1. The highest BCUT2D eigenvalue weighted by Crippen LogP contribution is 2.25. The average Bonchev–Trinajstić information content (AvgIpc) is 2.69. The topological polar surface area (TPSA) is 102 Å². The summed E-state index contributed by atoms with van der Waals surface area (Å²) in [6.07, 6.45) is 5.31. The number of hydrogen-bond acceptors (Lipinski definition) is 5. The maximum Gasteiger partial charge on any atom is 0.124 e. The van der Waals surface area contributed by atoms with Crippen LogP contribution in [0.5, 0.6) is 5.75 Å². The van der Waals surface area contributed by atoms with E-state index in [1.807, 2.05) is 6.07 Å². The monoisotopic (exact) mass is 302 g/mol. The summed E-state index contributed by atoms with van der Waals surface area (Å²) in [5, 5.41) is 9.92. The number of phenols is 1. The first-order valence-corrected chi connectivity index (χ1v) is 7.74. The highest BCUT2D eigenvalue weighted by atomic mass is 16.3. The van der Waals surface area contributed by atoms with Crippen LogP contribution in [-0.2, 0) is 0 Å². The van der Waals surface area contributed by atoms with Gasteiger partial charge in [-0.15, -0.1) is 0 Å². The van der Waals surface area contributed by atoms with E-state index >= 15 is 0 Å². The molecule has 1 aromatic rings. The minimum Gasteiger partial charge on any atom is -0.507 e. The van der Waals surface area contributed by atoms with Crippen molar-refractivity contribution in [3.8, 4) is 5.75 Å². The van der Waals surface area contributed by atoms with Gasteiger partial charge in [0.2, 0.25) is 0 Å². The molecule has 1 unspecified atom stereocenters. The third-order valence-electron chi connectivity index (χ3n) is 4.05. The van der Waals surface area contributed by atoms with Crippen molar-refractivity contribution in [1.29, 1.82) is 0 Å². The van der Waals surface area contributed by atoms with Gasteiger partial charge in [-0.3, -0.25) is 0 Å². The predicted molar refractivity (Wildman–Crippen MR) is 90.3 cm³/mol. The van der Waals surface area contributed by atoms with Crippen molar-refractivity contribution in [3.05, 3.63) is 47.4 Å². The van der Waals surface area contributed by atoms with E-state index in [9.17, 15) is 5.11 Å². The van der Waals surface area contributed by atoms with Crippen LogP contribution in [0.2, 0.25) is 0 Å². The Morgan fingerprint density at radius 3 is 2.64 bits per heavy atom. The molecule has 1 aliphatic heterocycles. The van der Waals surface area contributed by atoms with Gasteiger partial charge in [0.05, 0.1) is 5.70 Å². The lowest BCUT2D eigenvalue weighted by Gasteiger charge is -2.27. The number of phenolic OH excluding ortho intramolecular Hbond substituents is 1. The van der Waals surface area contributed by atoms with Gasteiger partial charge in [-0.25, -0.2) is 0 Å². The molecule has 0 radical (unpaired) electrons. The highest BCUT2D eigenvalue weighted by molar-refractivity contribution is 5.69. The number of likely N-dealkylation sites (tertiary alicyclic amines) is 1. The number of nitrogens with two attached hydrogens (primary N) is 3. The van der Waals surface area contributed by atoms with Crippen LogP contribution in [0.1, 0.15) is 31.7 Å². The largest absolute Gasteiger partial charge is 0.507 e. The Labute approximate surface area is 132 Å². The van der Waals surface area contributed by atoms with Crippen LogP contribution in [0.3, 0.4) is 0 Å². The van der Waals surface area contributed by atoms with Crippen LogP contribution in [-0.4, -0.2) is 23.1 Å². The minimum atomic E-state index is 0.149. The maximum absolute atomic E-state index is 9.92. The highest BCUT2D eigenvalue weighted by Gasteiger charge is 2.18. The van der Waals surface area contributed by atoms with E-state index in [1.54, 1.807) is 24.3 Å². The van der Waals surface area contributed by atoms with E-state index in [2.05, 4.69) is 11.8 Å². The fraction of sp³-hybridized carbons (Fsp3) is 0.412. The summed E-state index contributed by atoms with van der Waals surface area (Å²) in [5.74, 6) is 1.000. The Bertz CT molecular complexity index is 576. The van der Waals surface area contributed by atoms with Crippen molar-refractivity contribution >= 4 is 5.70 Å². The smallest absolute Gasteiger partial charge is 0.124 e. The van der Waals surface area contributed by atoms with Crippen molar-refractivity contribution in [3.63, 3.8) is 0 Å². The molecule has 120 valence electrons. The number of para-hydroxylation sites is 1. The van der Waals surface area contributed by atoms with Gasteiger partial charge in [0, 0.05) is 24.4 Å². The zero-order chi connectivity index (χ0) is 16.1. The predicted octanol–water partition coefficient (Wildman–Crippen LogP) is 1.90. The van der Waals surface area contributed by atoms with Gasteiger partial charge in [-0.1, -0.05) is 25.5 Å². The number of rotatable bonds is 3. The zero-order valence-electron chi connectivity index (χ0n) is 13.1. The van der Waals surface area contributed by atoms with Gasteiger partial charge in [0.1, 0.15) is 11.6 Å². The quantitative estimate of drug-likeness (QED) is 0.639. The summed E-state index contributed by atoms with van der Waals surface area (Å²) in [6, 6.07) is 6.98. The molecule has 0 spiro atoms. The number of allylic oxidation sites excluding steroid dienone is 1. The third-order valence-corrected chi connectivity index (χ3v) is 4.05. The third kappa shape index (κ3) is 3.87. The maximum atomic E-state index is 9.92. The molecule has 1 fully saturated rings. The molecule has 1 aromatic carbocycles. The Hall–Kier alpha value is -2.30. The van der Waals surface area contributed by atoms with Gasteiger partial charge in [-0.05, 0) is 37.0 Å². The van der Waals surface area contributed by atoms with E-state index in [-0.39, 0.29) is 11.6 Å². The zero-order valence-corrected chi connectivity index (χ0v) is 13.1. The molecule has 5 nitrogen and oxygen atoms in total. The van der Waals surface area contributed by atoms with E-state index in [0.717, 1.165) is 25.2 Å². The van der Waals surface area contributed by atoms with Crippen LogP contribution >= 0.6 is 0 Å². The Morgan fingerprint density at radius 2 is 1.95 bits per heavy atom. The Kier molecular flexibility index (Phi) is 5.20. The van der Waals surface area contributed by atoms with Gasteiger partial charge in [0.25, 0.3) is 0 Å². The number of nitrogens with zero attached hydrogens (tertiary/aromatic N) is 1. The molecule has 0 aromatic heterocycles. The van der Waals surface area contributed by atoms with Gasteiger partial charge < -0.3 is 27.2 Å².